The number of ketones is 2. The van der Waals surface area contributed by atoms with E-state index in [0.29, 0.717) is 31.6 Å². The van der Waals surface area contributed by atoms with Crippen molar-refractivity contribution in [3.63, 3.8) is 0 Å². The maximum atomic E-state index is 11.1. The number of carbonyl (C=O) groups excluding carboxylic acids is 2. The van der Waals surface area contributed by atoms with E-state index >= 15 is 0 Å². The molecule has 0 spiro atoms. The fourth-order valence-electron chi connectivity index (χ4n) is 1.01. The summed E-state index contributed by atoms with van der Waals surface area (Å²) in [5, 5.41) is 0. The van der Waals surface area contributed by atoms with Crippen LogP contribution in [-0.2, 0) is 9.59 Å². The van der Waals surface area contributed by atoms with E-state index in [-0.39, 0.29) is 11.6 Å². The van der Waals surface area contributed by atoms with E-state index in [1.807, 2.05) is 20.8 Å². The third-order valence-electron chi connectivity index (χ3n) is 1.71. The minimum absolute atomic E-state index is 0.187. The first kappa shape index (κ1) is 11.3. The summed E-state index contributed by atoms with van der Waals surface area (Å²) in [6, 6.07) is 0. The van der Waals surface area contributed by atoms with Gasteiger partial charge in [0.05, 0.1) is 0 Å². The lowest BCUT2D eigenvalue weighted by atomic mass is 10.0. The number of Topliss-reactive ketones (excluding diaryl/α,β-unsaturated/α-hetero) is 2. The summed E-state index contributed by atoms with van der Waals surface area (Å²) >= 11 is 0. The third-order valence-corrected chi connectivity index (χ3v) is 1.71. The van der Waals surface area contributed by atoms with Crippen molar-refractivity contribution >= 4 is 11.6 Å². The Labute approximate surface area is 74.3 Å². The number of hydrogen-bond acceptors (Lipinski definition) is 2. The van der Waals surface area contributed by atoms with Crippen molar-refractivity contribution in [1.82, 2.24) is 0 Å². The van der Waals surface area contributed by atoms with Crippen LogP contribution in [0.3, 0.4) is 0 Å². The molecule has 0 amide bonds. The molecule has 0 heterocycles. The van der Waals surface area contributed by atoms with E-state index in [4.69, 9.17) is 0 Å². The third kappa shape index (κ3) is 6.08. The number of rotatable bonds is 6. The maximum Gasteiger partial charge on any atom is 0.133 e. The molecular weight excluding hydrogens is 152 g/mol. The van der Waals surface area contributed by atoms with Gasteiger partial charge in [0, 0.05) is 25.7 Å². The van der Waals surface area contributed by atoms with Crippen LogP contribution in [0.4, 0.5) is 0 Å². The van der Waals surface area contributed by atoms with Crippen LogP contribution < -0.4 is 0 Å². The number of carbonyl (C=O) groups is 2. The van der Waals surface area contributed by atoms with Crippen LogP contribution in [0.1, 0.15) is 46.5 Å². The highest BCUT2D eigenvalue weighted by molar-refractivity contribution is 5.85. The molecule has 0 atom stereocenters. The summed E-state index contributed by atoms with van der Waals surface area (Å²) in [7, 11) is 0. The number of hydrogen-bond donors (Lipinski definition) is 0. The molecule has 0 aliphatic heterocycles. The van der Waals surface area contributed by atoms with Crippen LogP contribution in [0.5, 0.6) is 0 Å². The molecule has 0 aromatic rings. The zero-order valence-corrected chi connectivity index (χ0v) is 8.22. The molecule has 0 aliphatic rings. The Bertz CT molecular complexity index is 159. The van der Waals surface area contributed by atoms with Gasteiger partial charge in [0.15, 0.2) is 0 Å². The SMILES string of the molecule is CCC(=O)CCC(=O)CC(C)C. The molecule has 0 saturated carbocycles. The molecule has 0 fully saturated rings. The Balaban J connectivity index is 3.51. The Kier molecular flexibility index (Phi) is 5.60. The molecule has 0 bridgehead atoms. The zero-order valence-electron chi connectivity index (χ0n) is 8.22. The molecule has 0 aromatic heterocycles. The first-order valence-corrected chi connectivity index (χ1v) is 4.59. The predicted molar refractivity (Wildman–Crippen MR) is 49.0 cm³/mol. The van der Waals surface area contributed by atoms with Gasteiger partial charge in [-0.3, -0.25) is 9.59 Å². The highest BCUT2D eigenvalue weighted by Crippen LogP contribution is 2.05. The normalized spacial score (nSPS) is 10.3. The van der Waals surface area contributed by atoms with Crippen LogP contribution in [0.15, 0.2) is 0 Å². The van der Waals surface area contributed by atoms with Crippen LogP contribution >= 0.6 is 0 Å². The van der Waals surface area contributed by atoms with Gasteiger partial charge in [-0.25, -0.2) is 0 Å². The van der Waals surface area contributed by atoms with Gasteiger partial charge < -0.3 is 0 Å². The molecule has 0 rings (SSSR count). The Morgan fingerprint density at radius 1 is 1.08 bits per heavy atom. The lowest BCUT2D eigenvalue weighted by Crippen LogP contribution is -2.05. The molecule has 0 N–H and O–H groups in total. The highest BCUT2D eigenvalue weighted by Gasteiger charge is 2.06. The van der Waals surface area contributed by atoms with Crippen molar-refractivity contribution in [2.75, 3.05) is 0 Å². The standard InChI is InChI=1S/C10H18O2/c1-4-9(11)5-6-10(12)7-8(2)3/h8H,4-7H2,1-3H3. The van der Waals surface area contributed by atoms with Gasteiger partial charge in [-0.2, -0.15) is 0 Å². The molecule has 12 heavy (non-hydrogen) atoms. The smallest absolute Gasteiger partial charge is 0.133 e. The fourth-order valence-corrected chi connectivity index (χ4v) is 1.01. The van der Waals surface area contributed by atoms with E-state index in [1.54, 1.807) is 0 Å². The van der Waals surface area contributed by atoms with E-state index < -0.39 is 0 Å². The Morgan fingerprint density at radius 3 is 2.00 bits per heavy atom. The molecule has 2 heteroatoms. The lowest BCUT2D eigenvalue weighted by Gasteiger charge is -2.02. The average molecular weight is 170 g/mol. The summed E-state index contributed by atoms with van der Waals surface area (Å²) in [5.74, 6) is 0.813. The van der Waals surface area contributed by atoms with Crippen molar-refractivity contribution in [2.24, 2.45) is 5.92 Å². The highest BCUT2D eigenvalue weighted by atomic mass is 16.1. The van der Waals surface area contributed by atoms with Crippen LogP contribution in [0.25, 0.3) is 0 Å². The summed E-state index contributed by atoms with van der Waals surface area (Å²) in [6.45, 7) is 5.86. The van der Waals surface area contributed by atoms with E-state index in [9.17, 15) is 9.59 Å². The molecule has 0 aliphatic carbocycles. The minimum atomic E-state index is 0.187. The topological polar surface area (TPSA) is 34.1 Å². The zero-order chi connectivity index (χ0) is 9.56. The first-order valence-electron chi connectivity index (χ1n) is 4.59. The van der Waals surface area contributed by atoms with Crippen molar-refractivity contribution in [1.29, 1.82) is 0 Å². The van der Waals surface area contributed by atoms with Gasteiger partial charge >= 0.3 is 0 Å². The molecular formula is C10H18O2. The second kappa shape index (κ2) is 5.92. The van der Waals surface area contributed by atoms with Crippen molar-refractivity contribution < 1.29 is 9.59 Å². The van der Waals surface area contributed by atoms with Gasteiger partial charge in [-0.1, -0.05) is 20.8 Å². The quantitative estimate of drug-likeness (QED) is 0.613. The summed E-state index contributed by atoms with van der Waals surface area (Å²) in [5.41, 5.74) is 0. The van der Waals surface area contributed by atoms with Crippen LogP contribution in [0, 0.1) is 5.92 Å². The van der Waals surface area contributed by atoms with E-state index in [2.05, 4.69) is 0 Å². The van der Waals surface area contributed by atoms with Gasteiger partial charge in [-0.15, -0.1) is 0 Å². The molecule has 0 aromatic carbocycles. The van der Waals surface area contributed by atoms with Crippen molar-refractivity contribution in [3.05, 3.63) is 0 Å². The van der Waals surface area contributed by atoms with Crippen molar-refractivity contribution in [2.45, 2.75) is 46.5 Å². The molecule has 0 unspecified atom stereocenters. The lowest BCUT2D eigenvalue weighted by molar-refractivity contribution is -0.124. The monoisotopic (exact) mass is 170 g/mol. The maximum absolute atomic E-state index is 11.1. The van der Waals surface area contributed by atoms with Gasteiger partial charge in [-0.05, 0) is 5.92 Å². The fraction of sp³-hybridized carbons (Fsp3) is 0.800. The molecule has 0 saturated heterocycles. The van der Waals surface area contributed by atoms with Gasteiger partial charge in [0.1, 0.15) is 11.6 Å². The van der Waals surface area contributed by atoms with Gasteiger partial charge in [0.25, 0.3) is 0 Å². The van der Waals surface area contributed by atoms with Crippen LogP contribution in [0.2, 0.25) is 0 Å². The van der Waals surface area contributed by atoms with E-state index in [0.717, 1.165) is 0 Å². The predicted octanol–water partition coefficient (Wildman–Crippen LogP) is 2.36. The second-order valence-corrected chi connectivity index (χ2v) is 3.53. The van der Waals surface area contributed by atoms with Gasteiger partial charge in [0.2, 0.25) is 0 Å². The Morgan fingerprint density at radius 2 is 1.58 bits per heavy atom. The second-order valence-electron chi connectivity index (χ2n) is 3.53. The van der Waals surface area contributed by atoms with Crippen molar-refractivity contribution in [3.8, 4) is 0 Å². The largest absolute Gasteiger partial charge is 0.300 e. The molecule has 2 nitrogen and oxygen atoms in total. The average Bonchev–Trinajstić information content (AvgIpc) is 1.99. The minimum Gasteiger partial charge on any atom is -0.300 e. The summed E-state index contributed by atoms with van der Waals surface area (Å²) in [6.07, 6.45) is 2.03. The summed E-state index contributed by atoms with van der Waals surface area (Å²) < 4.78 is 0. The van der Waals surface area contributed by atoms with E-state index in [1.165, 1.54) is 0 Å². The molecule has 70 valence electrons. The first-order chi connectivity index (χ1) is 5.56. The Hall–Kier alpha value is -0.660. The van der Waals surface area contributed by atoms with Crippen LogP contribution in [-0.4, -0.2) is 11.6 Å². The molecule has 0 radical (unpaired) electrons. The summed E-state index contributed by atoms with van der Waals surface area (Å²) in [4.78, 5) is 22.0.